The molecule has 2 aromatic carbocycles. The number of hydrogen-bond donors (Lipinski definition) is 2. The van der Waals surface area contributed by atoms with Gasteiger partial charge >= 0.3 is 0 Å². The summed E-state index contributed by atoms with van der Waals surface area (Å²) in [4.78, 5) is 0. The van der Waals surface area contributed by atoms with Crippen molar-refractivity contribution in [1.29, 1.82) is 0 Å². The van der Waals surface area contributed by atoms with Crippen LogP contribution in [0.4, 0.5) is 10.1 Å². The molecule has 0 radical (unpaired) electrons. The Labute approximate surface area is 143 Å². The molecule has 0 aliphatic carbocycles. The van der Waals surface area contributed by atoms with Gasteiger partial charge in [-0.25, -0.2) is 4.39 Å². The van der Waals surface area contributed by atoms with E-state index in [2.05, 4.69) is 48.7 Å². The third kappa shape index (κ3) is 5.99. The Bertz CT molecular complexity index is 621. The van der Waals surface area contributed by atoms with Gasteiger partial charge in [-0.2, -0.15) is 0 Å². The van der Waals surface area contributed by atoms with Gasteiger partial charge in [-0.1, -0.05) is 38.1 Å². The Morgan fingerprint density at radius 1 is 1.04 bits per heavy atom. The third-order valence-corrected chi connectivity index (χ3v) is 3.92. The fourth-order valence-electron chi connectivity index (χ4n) is 2.27. The van der Waals surface area contributed by atoms with E-state index in [0.29, 0.717) is 11.0 Å². The van der Waals surface area contributed by atoms with Crippen LogP contribution in [0.5, 0.6) is 0 Å². The zero-order chi connectivity index (χ0) is 16.7. The normalized spacial score (nSPS) is 10.6. The van der Waals surface area contributed by atoms with Crippen molar-refractivity contribution in [2.45, 2.75) is 32.6 Å². The summed E-state index contributed by atoms with van der Waals surface area (Å²) >= 11 is 5.23. The van der Waals surface area contributed by atoms with Crippen molar-refractivity contribution in [3.05, 3.63) is 65.5 Å². The molecule has 2 N–H and O–H groups in total. The molecule has 0 heterocycles. The van der Waals surface area contributed by atoms with Crippen molar-refractivity contribution in [3.63, 3.8) is 0 Å². The molecule has 4 heteroatoms. The van der Waals surface area contributed by atoms with Crippen LogP contribution in [0.25, 0.3) is 0 Å². The second kappa shape index (κ2) is 8.63. The minimum atomic E-state index is -0.252. The fourth-order valence-corrected chi connectivity index (χ4v) is 2.49. The van der Waals surface area contributed by atoms with Crippen LogP contribution < -0.4 is 10.6 Å². The first kappa shape index (κ1) is 17.4. The molecule has 0 aromatic heterocycles. The maximum Gasteiger partial charge on any atom is 0.170 e. The summed E-state index contributed by atoms with van der Waals surface area (Å²) in [7, 11) is 0. The van der Waals surface area contributed by atoms with Crippen LogP contribution in [0, 0.1) is 5.82 Å². The lowest BCUT2D eigenvalue weighted by molar-refractivity contribution is 0.628. The van der Waals surface area contributed by atoms with Gasteiger partial charge in [-0.05, 0) is 66.4 Å². The minimum Gasteiger partial charge on any atom is -0.362 e. The smallest absolute Gasteiger partial charge is 0.170 e. The molecule has 2 aromatic rings. The number of hydrogen-bond acceptors (Lipinski definition) is 1. The van der Waals surface area contributed by atoms with Crippen molar-refractivity contribution in [1.82, 2.24) is 5.32 Å². The number of halogens is 1. The molecule has 23 heavy (non-hydrogen) atoms. The number of aryl methyl sites for hydroxylation is 1. The predicted octanol–water partition coefficient (Wildman–Crippen LogP) is 4.87. The molecule has 0 saturated heterocycles. The molecule has 0 aliphatic rings. The van der Waals surface area contributed by atoms with Crippen molar-refractivity contribution in [2.75, 3.05) is 11.9 Å². The van der Waals surface area contributed by atoms with E-state index >= 15 is 0 Å². The molecule has 2 rings (SSSR count). The van der Waals surface area contributed by atoms with Gasteiger partial charge in [0.2, 0.25) is 0 Å². The summed E-state index contributed by atoms with van der Waals surface area (Å²) < 4.78 is 12.8. The Kier molecular flexibility index (Phi) is 6.53. The monoisotopic (exact) mass is 330 g/mol. The Balaban J connectivity index is 1.68. The van der Waals surface area contributed by atoms with Gasteiger partial charge in [0.15, 0.2) is 5.11 Å². The van der Waals surface area contributed by atoms with Gasteiger partial charge in [-0.3, -0.25) is 0 Å². The lowest BCUT2D eigenvalue weighted by Gasteiger charge is -2.11. The van der Waals surface area contributed by atoms with Crippen LogP contribution >= 0.6 is 12.2 Å². The average Bonchev–Trinajstić information content (AvgIpc) is 2.54. The molecule has 2 nitrogen and oxygen atoms in total. The van der Waals surface area contributed by atoms with Gasteiger partial charge in [0.1, 0.15) is 5.82 Å². The first-order valence-corrected chi connectivity index (χ1v) is 8.34. The van der Waals surface area contributed by atoms with Gasteiger partial charge in [0, 0.05) is 12.2 Å². The SMILES string of the molecule is CC(C)c1ccc(CCCNC(=S)Nc2ccc(F)cc2)cc1. The summed E-state index contributed by atoms with van der Waals surface area (Å²) in [5, 5.41) is 6.78. The van der Waals surface area contributed by atoms with Crippen molar-refractivity contribution in [3.8, 4) is 0 Å². The molecule has 0 unspecified atom stereocenters. The van der Waals surface area contributed by atoms with E-state index in [1.54, 1.807) is 12.1 Å². The summed E-state index contributed by atoms with van der Waals surface area (Å²) in [6.45, 7) is 5.21. The highest BCUT2D eigenvalue weighted by Crippen LogP contribution is 2.15. The standard InChI is InChI=1S/C19H23FN2S/c1-14(2)16-7-5-15(6-8-16)4-3-13-21-19(23)22-18-11-9-17(20)10-12-18/h5-12,14H,3-4,13H2,1-2H3,(H2,21,22,23). The first-order valence-electron chi connectivity index (χ1n) is 7.94. The largest absolute Gasteiger partial charge is 0.362 e. The molecular weight excluding hydrogens is 307 g/mol. The van der Waals surface area contributed by atoms with Crippen LogP contribution in [0.3, 0.4) is 0 Å². The molecule has 0 amide bonds. The number of rotatable bonds is 6. The second-order valence-electron chi connectivity index (χ2n) is 5.89. The summed E-state index contributed by atoms with van der Waals surface area (Å²) in [5.74, 6) is 0.318. The molecule has 0 spiro atoms. The summed E-state index contributed by atoms with van der Waals surface area (Å²) in [6.07, 6.45) is 2.02. The van der Waals surface area contributed by atoms with E-state index < -0.39 is 0 Å². The maximum atomic E-state index is 12.8. The maximum absolute atomic E-state index is 12.8. The highest BCUT2D eigenvalue weighted by Gasteiger charge is 2.00. The molecule has 0 fully saturated rings. The van der Waals surface area contributed by atoms with Crippen molar-refractivity contribution >= 4 is 23.0 Å². The Morgan fingerprint density at radius 2 is 1.70 bits per heavy atom. The van der Waals surface area contributed by atoms with Gasteiger partial charge in [0.25, 0.3) is 0 Å². The number of benzene rings is 2. The quantitative estimate of drug-likeness (QED) is 0.584. The zero-order valence-electron chi connectivity index (χ0n) is 13.6. The first-order chi connectivity index (χ1) is 11.0. The van der Waals surface area contributed by atoms with E-state index in [-0.39, 0.29) is 5.82 Å². The van der Waals surface area contributed by atoms with Gasteiger partial charge in [-0.15, -0.1) is 0 Å². The minimum absolute atomic E-state index is 0.252. The summed E-state index contributed by atoms with van der Waals surface area (Å²) in [5.41, 5.74) is 3.50. The number of thiocarbonyl (C=S) groups is 1. The van der Waals surface area contributed by atoms with Crippen LogP contribution in [0.2, 0.25) is 0 Å². The lowest BCUT2D eigenvalue weighted by atomic mass is 10.0. The van der Waals surface area contributed by atoms with Crippen molar-refractivity contribution < 1.29 is 4.39 Å². The topological polar surface area (TPSA) is 24.1 Å². The van der Waals surface area contributed by atoms with E-state index in [9.17, 15) is 4.39 Å². The average molecular weight is 330 g/mol. The third-order valence-electron chi connectivity index (χ3n) is 3.68. The molecule has 0 saturated carbocycles. The molecular formula is C19H23FN2S. The highest BCUT2D eigenvalue weighted by molar-refractivity contribution is 7.80. The van der Waals surface area contributed by atoms with Crippen LogP contribution in [-0.4, -0.2) is 11.7 Å². The molecule has 0 aliphatic heterocycles. The molecule has 122 valence electrons. The summed E-state index contributed by atoms with van der Waals surface area (Å²) in [6, 6.07) is 15.0. The van der Waals surface area contributed by atoms with Gasteiger partial charge in [0.05, 0.1) is 0 Å². The number of anilines is 1. The van der Waals surface area contributed by atoms with Crippen molar-refractivity contribution in [2.24, 2.45) is 0 Å². The Morgan fingerprint density at radius 3 is 2.30 bits per heavy atom. The number of nitrogens with one attached hydrogen (secondary N) is 2. The van der Waals surface area contributed by atoms with E-state index in [1.807, 2.05) is 0 Å². The lowest BCUT2D eigenvalue weighted by Crippen LogP contribution is -2.29. The van der Waals surface area contributed by atoms with Crippen LogP contribution in [0.1, 0.15) is 37.3 Å². The predicted molar refractivity (Wildman–Crippen MR) is 99.5 cm³/mol. The van der Waals surface area contributed by atoms with Crippen LogP contribution in [-0.2, 0) is 6.42 Å². The zero-order valence-corrected chi connectivity index (χ0v) is 14.4. The fraction of sp³-hybridized carbons (Fsp3) is 0.316. The van der Waals surface area contributed by atoms with E-state index in [1.165, 1.54) is 23.3 Å². The molecule has 0 bridgehead atoms. The van der Waals surface area contributed by atoms with Gasteiger partial charge < -0.3 is 10.6 Å². The molecule has 0 atom stereocenters. The van der Waals surface area contributed by atoms with Crippen LogP contribution in [0.15, 0.2) is 48.5 Å². The second-order valence-corrected chi connectivity index (χ2v) is 6.30. The Hall–Kier alpha value is -1.94. The van der Waals surface area contributed by atoms with E-state index in [4.69, 9.17) is 12.2 Å². The van der Waals surface area contributed by atoms with E-state index in [0.717, 1.165) is 25.1 Å². The highest BCUT2D eigenvalue weighted by atomic mass is 32.1.